The van der Waals surface area contributed by atoms with E-state index < -0.39 is 12.1 Å². The lowest BCUT2D eigenvalue weighted by Crippen LogP contribution is -2.25. The number of hydrogen-bond acceptors (Lipinski definition) is 6. The first-order valence-electron chi connectivity index (χ1n) is 11.8. The molecule has 7 nitrogen and oxygen atoms in total. The number of aryl methyl sites for hydroxylation is 1. The summed E-state index contributed by atoms with van der Waals surface area (Å²) in [6.45, 7) is 5.31. The topological polar surface area (TPSA) is 113 Å². The Morgan fingerprint density at radius 3 is 2.06 bits per heavy atom. The normalized spacial score (nSPS) is 11.9. The lowest BCUT2D eigenvalue weighted by atomic mass is 9.98. The Balaban J connectivity index is 1.74. The minimum Gasteiger partial charge on any atom is -0.507 e. The van der Waals surface area contributed by atoms with Gasteiger partial charge in [0.05, 0.1) is 11.1 Å². The molecule has 0 fully saturated rings. The van der Waals surface area contributed by atoms with E-state index in [0.717, 1.165) is 29.2 Å². The maximum Gasteiger partial charge on any atom is 0.335 e. The van der Waals surface area contributed by atoms with Gasteiger partial charge in [-0.3, -0.25) is 4.79 Å². The third-order valence-electron chi connectivity index (χ3n) is 5.82. The molecule has 1 atom stereocenters. The van der Waals surface area contributed by atoms with Crippen LogP contribution in [-0.2, 0) is 12.8 Å². The first kappa shape index (κ1) is 26.0. The molecule has 0 heterocycles. The summed E-state index contributed by atoms with van der Waals surface area (Å²) in [5, 5.41) is 32.1. The van der Waals surface area contributed by atoms with Crippen LogP contribution in [-0.4, -0.2) is 46.4 Å². The van der Waals surface area contributed by atoms with Gasteiger partial charge in [0.15, 0.2) is 5.78 Å². The maximum absolute atomic E-state index is 11.7. The summed E-state index contributed by atoms with van der Waals surface area (Å²) in [5.41, 5.74) is 1.90. The average Bonchev–Trinajstić information content (AvgIpc) is 2.83. The number of aliphatic hydroxyl groups excluding tert-OH is 1. The van der Waals surface area contributed by atoms with E-state index in [1.807, 2.05) is 26.0 Å². The van der Waals surface area contributed by atoms with Gasteiger partial charge >= 0.3 is 5.97 Å². The molecule has 0 saturated heterocycles. The highest BCUT2D eigenvalue weighted by Crippen LogP contribution is 2.33. The fraction of sp³-hybridized carbons (Fsp3) is 0.357. The van der Waals surface area contributed by atoms with Crippen LogP contribution >= 0.6 is 0 Å². The number of rotatable bonds is 12. The van der Waals surface area contributed by atoms with E-state index in [0.29, 0.717) is 29.9 Å². The van der Waals surface area contributed by atoms with Gasteiger partial charge in [-0.2, -0.15) is 0 Å². The summed E-state index contributed by atoms with van der Waals surface area (Å²) < 4.78 is 11.7. The maximum atomic E-state index is 11.7. The van der Waals surface area contributed by atoms with Gasteiger partial charge in [-0.25, -0.2) is 4.79 Å². The molecule has 0 amide bonds. The van der Waals surface area contributed by atoms with Crippen LogP contribution in [0, 0.1) is 0 Å². The highest BCUT2D eigenvalue weighted by Gasteiger charge is 2.18. The number of ketones is 1. The Bertz CT molecular complexity index is 1220. The minimum atomic E-state index is -0.988. The standard InChI is InChI=1S/C28H32O7/c1-4-6-22-24-14-19(28(32)33)9-8-18(24)10-12-25(22)34-15-20(30)16-35-26-13-11-21(17(3)29)27(31)23(26)7-5-2/h8-14,20,30-31H,4-7,15-16H2,1-3H3,(H,32,33). The van der Waals surface area contributed by atoms with E-state index in [2.05, 4.69) is 0 Å². The smallest absolute Gasteiger partial charge is 0.335 e. The molecule has 1 unspecified atom stereocenters. The number of Topliss-reactive ketones (excluding diaryl/α,β-unsaturated/α-hetero) is 1. The molecule has 0 aliphatic heterocycles. The van der Waals surface area contributed by atoms with E-state index >= 15 is 0 Å². The highest BCUT2D eigenvalue weighted by atomic mass is 16.5. The number of carboxylic acids is 1. The fourth-order valence-electron chi connectivity index (χ4n) is 4.09. The van der Waals surface area contributed by atoms with Crippen molar-refractivity contribution in [3.8, 4) is 17.2 Å². The molecule has 0 aromatic heterocycles. The second-order valence-corrected chi connectivity index (χ2v) is 8.55. The molecular weight excluding hydrogens is 448 g/mol. The fourth-order valence-corrected chi connectivity index (χ4v) is 4.09. The molecule has 0 spiro atoms. The highest BCUT2D eigenvalue weighted by molar-refractivity contribution is 5.97. The van der Waals surface area contributed by atoms with Gasteiger partial charge in [0.25, 0.3) is 0 Å². The van der Waals surface area contributed by atoms with Crippen molar-refractivity contribution in [2.24, 2.45) is 0 Å². The third-order valence-corrected chi connectivity index (χ3v) is 5.82. The summed E-state index contributed by atoms with van der Waals surface area (Å²) in [7, 11) is 0. The summed E-state index contributed by atoms with van der Waals surface area (Å²) in [5.74, 6) is -0.279. The molecule has 3 N–H and O–H groups in total. The zero-order chi connectivity index (χ0) is 25.5. The van der Waals surface area contributed by atoms with Gasteiger partial charge in [0, 0.05) is 11.1 Å². The molecule has 0 bridgehead atoms. The van der Waals surface area contributed by atoms with Crippen molar-refractivity contribution >= 4 is 22.5 Å². The number of benzene rings is 3. The molecule has 35 heavy (non-hydrogen) atoms. The summed E-state index contributed by atoms with van der Waals surface area (Å²) in [4.78, 5) is 23.2. The average molecular weight is 481 g/mol. The van der Waals surface area contributed by atoms with Crippen molar-refractivity contribution in [3.63, 3.8) is 0 Å². The van der Waals surface area contributed by atoms with E-state index in [4.69, 9.17) is 9.47 Å². The Labute approximate surface area is 204 Å². The molecule has 0 saturated carbocycles. The zero-order valence-corrected chi connectivity index (χ0v) is 20.3. The van der Waals surface area contributed by atoms with Crippen LogP contribution < -0.4 is 9.47 Å². The van der Waals surface area contributed by atoms with Crippen molar-refractivity contribution in [2.45, 2.75) is 52.6 Å². The summed E-state index contributed by atoms with van der Waals surface area (Å²) in [6, 6.07) is 11.9. The number of phenols is 1. The van der Waals surface area contributed by atoms with Crippen molar-refractivity contribution in [2.75, 3.05) is 13.2 Å². The quantitative estimate of drug-likeness (QED) is 0.307. The zero-order valence-electron chi connectivity index (χ0n) is 20.3. The second kappa shape index (κ2) is 11.7. The monoisotopic (exact) mass is 480 g/mol. The molecule has 3 aromatic carbocycles. The van der Waals surface area contributed by atoms with E-state index in [1.165, 1.54) is 13.0 Å². The van der Waals surface area contributed by atoms with Gasteiger partial charge in [-0.1, -0.05) is 38.8 Å². The van der Waals surface area contributed by atoms with Crippen molar-refractivity contribution in [1.82, 2.24) is 0 Å². The van der Waals surface area contributed by atoms with Crippen molar-refractivity contribution in [1.29, 1.82) is 0 Å². The molecule has 3 aromatic rings. The van der Waals surface area contributed by atoms with Gasteiger partial charge in [-0.15, -0.1) is 0 Å². The Morgan fingerprint density at radius 2 is 1.46 bits per heavy atom. The lowest BCUT2D eigenvalue weighted by molar-refractivity contribution is 0.0619. The van der Waals surface area contributed by atoms with Crippen LogP contribution in [0.2, 0.25) is 0 Å². The number of hydrogen-bond donors (Lipinski definition) is 3. The number of carboxylic acid groups (broad SMARTS) is 1. The second-order valence-electron chi connectivity index (χ2n) is 8.55. The van der Waals surface area contributed by atoms with E-state index in [9.17, 15) is 24.9 Å². The Morgan fingerprint density at radius 1 is 0.886 bits per heavy atom. The molecule has 0 aliphatic carbocycles. The predicted octanol–water partition coefficient (Wildman–Crippen LogP) is 5.17. The van der Waals surface area contributed by atoms with Crippen LogP contribution in [0.3, 0.4) is 0 Å². The van der Waals surface area contributed by atoms with E-state index in [-0.39, 0.29) is 35.9 Å². The number of aromatic hydroxyl groups is 1. The van der Waals surface area contributed by atoms with Crippen LogP contribution in [0.1, 0.15) is 65.5 Å². The summed E-state index contributed by atoms with van der Waals surface area (Å²) >= 11 is 0. The number of phenolic OH excluding ortho intramolecular Hbond substituents is 1. The van der Waals surface area contributed by atoms with Crippen LogP contribution in [0.15, 0.2) is 42.5 Å². The van der Waals surface area contributed by atoms with E-state index in [1.54, 1.807) is 24.3 Å². The first-order valence-corrected chi connectivity index (χ1v) is 11.8. The summed E-state index contributed by atoms with van der Waals surface area (Å²) in [6.07, 6.45) is 1.88. The number of aromatic carboxylic acids is 1. The number of fused-ring (bicyclic) bond motifs is 1. The van der Waals surface area contributed by atoms with Gasteiger partial charge < -0.3 is 24.8 Å². The number of carbonyl (C=O) groups excluding carboxylic acids is 1. The first-order chi connectivity index (χ1) is 16.8. The Hall–Kier alpha value is -3.58. The number of aliphatic hydroxyl groups is 1. The molecule has 3 rings (SSSR count). The van der Waals surface area contributed by atoms with Crippen LogP contribution in [0.5, 0.6) is 17.2 Å². The largest absolute Gasteiger partial charge is 0.507 e. The van der Waals surface area contributed by atoms with Gasteiger partial charge in [-0.05, 0) is 60.9 Å². The van der Waals surface area contributed by atoms with Crippen LogP contribution in [0.4, 0.5) is 0 Å². The molecule has 186 valence electrons. The molecule has 0 aliphatic rings. The SMILES string of the molecule is CCCc1c(OCC(O)COc2ccc3ccc(C(=O)O)cc3c2CCC)ccc(C(C)=O)c1O. The Kier molecular flexibility index (Phi) is 8.71. The molecular formula is C28H32O7. The van der Waals surface area contributed by atoms with Gasteiger partial charge in [0.2, 0.25) is 0 Å². The third kappa shape index (κ3) is 6.11. The number of carbonyl (C=O) groups is 2. The van der Waals surface area contributed by atoms with Crippen LogP contribution in [0.25, 0.3) is 10.8 Å². The predicted molar refractivity (Wildman–Crippen MR) is 134 cm³/mol. The van der Waals surface area contributed by atoms with Crippen molar-refractivity contribution < 1.29 is 34.4 Å². The van der Waals surface area contributed by atoms with Crippen molar-refractivity contribution in [3.05, 3.63) is 64.7 Å². The lowest BCUT2D eigenvalue weighted by Gasteiger charge is -2.19. The minimum absolute atomic E-state index is 0.0263. The number of ether oxygens (including phenoxy) is 2. The molecule has 7 heteroatoms. The van der Waals surface area contributed by atoms with Gasteiger partial charge in [0.1, 0.15) is 36.6 Å². The molecule has 0 radical (unpaired) electrons.